The normalized spacial score (nSPS) is 22.8. The summed E-state index contributed by atoms with van der Waals surface area (Å²) in [5.74, 6) is -0.0334. The van der Waals surface area contributed by atoms with Gasteiger partial charge in [-0.3, -0.25) is 0 Å². The van der Waals surface area contributed by atoms with Gasteiger partial charge in [0.2, 0.25) is 10.0 Å². The van der Waals surface area contributed by atoms with Crippen LogP contribution in [0.3, 0.4) is 0 Å². The molecule has 0 spiro atoms. The van der Waals surface area contributed by atoms with E-state index in [1.54, 1.807) is 24.3 Å². The molecule has 2 unspecified atom stereocenters. The smallest absolute Gasteiger partial charge is 0.238 e. The summed E-state index contributed by atoms with van der Waals surface area (Å²) in [7, 11) is -3.96. The van der Waals surface area contributed by atoms with Gasteiger partial charge in [0.05, 0.1) is 0 Å². The minimum absolute atomic E-state index is 0.0334. The molecule has 1 N–H and O–H groups in total. The van der Waals surface area contributed by atoms with E-state index >= 15 is 0 Å². The Morgan fingerprint density at radius 3 is 2.39 bits per heavy atom. The number of nitrogens with one attached hydrogen (secondary N) is 1. The number of hydrogen-bond donors (Lipinski definition) is 1. The van der Waals surface area contributed by atoms with Gasteiger partial charge in [-0.05, 0) is 37.5 Å². The van der Waals surface area contributed by atoms with Crippen molar-refractivity contribution in [1.82, 2.24) is 14.5 Å². The summed E-state index contributed by atoms with van der Waals surface area (Å²) in [6.07, 6.45) is -0.273. The molecule has 0 amide bonds. The molecule has 4 rings (SSSR count). The number of benzene rings is 1. The molecule has 2 aliphatic rings. The highest BCUT2D eigenvalue weighted by Gasteiger charge is 2.45. The third kappa shape index (κ3) is 4.51. The molecule has 1 fully saturated rings. The van der Waals surface area contributed by atoms with Crippen LogP contribution in [0.25, 0.3) is 0 Å². The molecule has 0 radical (unpaired) electrons. The monoisotopic (exact) mass is 474 g/mol. The van der Waals surface area contributed by atoms with Crippen LogP contribution in [0.5, 0.6) is 0 Å². The first-order valence-electron chi connectivity index (χ1n) is 10.0. The molecule has 11 heteroatoms. The summed E-state index contributed by atoms with van der Waals surface area (Å²) in [4.78, 5) is 4.19. The first-order valence-corrected chi connectivity index (χ1v) is 12.0. The first kappa shape index (κ1) is 22.3. The fourth-order valence-corrected chi connectivity index (χ4v) is 6.40. The van der Waals surface area contributed by atoms with Crippen LogP contribution >= 0.6 is 11.6 Å². The van der Waals surface area contributed by atoms with Gasteiger partial charge in [-0.2, -0.15) is 18.3 Å². The molecule has 1 saturated carbocycles. The Morgan fingerprint density at radius 1 is 1.13 bits per heavy atom. The van der Waals surface area contributed by atoms with Crippen molar-refractivity contribution in [2.24, 2.45) is 4.99 Å². The maximum absolute atomic E-state index is 13.4. The molecule has 2 heterocycles. The molecule has 1 aliphatic heterocycles. The first-order chi connectivity index (χ1) is 14.6. The van der Waals surface area contributed by atoms with Crippen LogP contribution in [0.15, 0.2) is 35.3 Å². The lowest BCUT2D eigenvalue weighted by Gasteiger charge is -2.33. The van der Waals surface area contributed by atoms with Crippen LogP contribution in [-0.4, -0.2) is 35.2 Å². The summed E-state index contributed by atoms with van der Waals surface area (Å²) in [6.45, 7) is 1.53. The molecule has 6 nitrogen and oxygen atoms in total. The minimum Gasteiger partial charge on any atom is -0.238 e. The number of aliphatic imine (C=N–C) groups is 1. The number of rotatable bonds is 4. The molecule has 1 aromatic heterocycles. The second-order valence-corrected chi connectivity index (χ2v) is 10.3. The van der Waals surface area contributed by atoms with E-state index in [1.165, 1.54) is 6.92 Å². The van der Waals surface area contributed by atoms with E-state index in [2.05, 4.69) is 14.8 Å². The van der Waals surface area contributed by atoms with E-state index in [1.807, 2.05) is 0 Å². The highest BCUT2D eigenvalue weighted by molar-refractivity contribution is 7.91. The molecule has 31 heavy (non-hydrogen) atoms. The van der Waals surface area contributed by atoms with Gasteiger partial charge in [0, 0.05) is 22.8 Å². The van der Waals surface area contributed by atoms with E-state index < -0.39 is 33.2 Å². The van der Waals surface area contributed by atoms with Crippen LogP contribution < -0.4 is 4.72 Å². The second kappa shape index (κ2) is 8.22. The van der Waals surface area contributed by atoms with Crippen molar-refractivity contribution < 1.29 is 21.6 Å². The van der Waals surface area contributed by atoms with Crippen LogP contribution in [0.2, 0.25) is 5.02 Å². The van der Waals surface area contributed by atoms with Crippen molar-refractivity contribution in [2.45, 2.75) is 62.5 Å². The SMILES string of the molecule is CC1=Nc2cc(C(F)(F)F)nn2C(c2ccc(Cl)cc2)C1S(=O)(=O)NC1CCCCC1. The predicted octanol–water partition coefficient (Wildman–Crippen LogP) is 4.87. The van der Waals surface area contributed by atoms with Gasteiger partial charge < -0.3 is 0 Å². The third-order valence-electron chi connectivity index (χ3n) is 5.74. The molecule has 1 aliphatic carbocycles. The average molecular weight is 475 g/mol. The van der Waals surface area contributed by atoms with Crippen molar-refractivity contribution in [2.75, 3.05) is 0 Å². The number of nitrogens with zero attached hydrogens (tertiary/aromatic N) is 3. The van der Waals surface area contributed by atoms with Crippen molar-refractivity contribution in [3.63, 3.8) is 0 Å². The second-order valence-electron chi connectivity index (χ2n) is 8.00. The quantitative estimate of drug-likeness (QED) is 0.686. The zero-order valence-corrected chi connectivity index (χ0v) is 18.3. The van der Waals surface area contributed by atoms with E-state index in [9.17, 15) is 21.6 Å². The molecule has 2 atom stereocenters. The molecule has 0 bridgehead atoms. The van der Waals surface area contributed by atoms with E-state index in [-0.39, 0.29) is 17.6 Å². The lowest BCUT2D eigenvalue weighted by Crippen LogP contribution is -2.49. The topological polar surface area (TPSA) is 76.3 Å². The number of hydrogen-bond acceptors (Lipinski definition) is 4. The number of sulfonamides is 1. The third-order valence-corrected chi connectivity index (χ3v) is 7.92. The zero-order chi connectivity index (χ0) is 22.4. The van der Waals surface area contributed by atoms with Crippen molar-refractivity contribution in [3.05, 3.63) is 46.6 Å². The Balaban J connectivity index is 1.81. The van der Waals surface area contributed by atoms with Crippen LogP contribution in [-0.2, 0) is 16.2 Å². The lowest BCUT2D eigenvalue weighted by molar-refractivity contribution is -0.141. The Hall–Kier alpha value is -1.91. The predicted molar refractivity (Wildman–Crippen MR) is 112 cm³/mol. The largest absolute Gasteiger partial charge is 0.435 e. The molecule has 1 aromatic carbocycles. The summed E-state index contributed by atoms with van der Waals surface area (Å²) >= 11 is 5.97. The van der Waals surface area contributed by atoms with Crippen molar-refractivity contribution >= 4 is 33.2 Å². The summed E-state index contributed by atoms with van der Waals surface area (Å²) in [6, 6.07) is 5.99. The van der Waals surface area contributed by atoms with Crippen LogP contribution in [0, 0.1) is 0 Å². The molecule has 2 aromatic rings. The fraction of sp³-hybridized carbons (Fsp3) is 0.500. The Labute approximate surface area is 183 Å². The molecular formula is C20H22ClF3N4O2S. The van der Waals surface area contributed by atoms with Crippen LogP contribution in [0.1, 0.15) is 56.3 Å². The standard InChI is InChI=1S/C20H22ClF3N4O2S/c1-12-19(31(29,30)27-15-5-3-2-4-6-15)18(13-7-9-14(21)10-8-13)28-17(25-12)11-16(26-28)20(22,23)24/h7-11,15,18-19,27H,2-6H2,1H3. The zero-order valence-electron chi connectivity index (χ0n) is 16.7. The highest BCUT2D eigenvalue weighted by atomic mass is 35.5. The minimum atomic E-state index is -4.67. The summed E-state index contributed by atoms with van der Waals surface area (Å²) in [5.41, 5.74) is -0.420. The van der Waals surface area contributed by atoms with Gasteiger partial charge in [-0.1, -0.05) is 43.0 Å². The average Bonchev–Trinajstić information content (AvgIpc) is 3.12. The van der Waals surface area contributed by atoms with Gasteiger partial charge >= 0.3 is 6.18 Å². The van der Waals surface area contributed by atoms with Gasteiger partial charge in [-0.15, -0.1) is 0 Å². The number of fused-ring (bicyclic) bond motifs is 1. The summed E-state index contributed by atoms with van der Waals surface area (Å²) < 4.78 is 70.7. The van der Waals surface area contributed by atoms with Crippen LogP contribution in [0.4, 0.5) is 19.0 Å². The fourth-order valence-electron chi connectivity index (χ4n) is 4.31. The molecule has 0 saturated heterocycles. The van der Waals surface area contributed by atoms with Gasteiger partial charge in [0.1, 0.15) is 11.3 Å². The van der Waals surface area contributed by atoms with Gasteiger partial charge in [0.15, 0.2) is 11.5 Å². The maximum atomic E-state index is 13.4. The van der Waals surface area contributed by atoms with Crippen molar-refractivity contribution in [3.8, 4) is 0 Å². The number of halogens is 4. The summed E-state index contributed by atoms with van der Waals surface area (Å²) in [5, 5.41) is 2.93. The molecule has 168 valence electrons. The Bertz CT molecular complexity index is 1090. The highest BCUT2D eigenvalue weighted by Crippen LogP contribution is 2.39. The Kier molecular flexibility index (Phi) is 5.91. The van der Waals surface area contributed by atoms with E-state index in [4.69, 9.17) is 11.6 Å². The van der Waals surface area contributed by atoms with Crippen molar-refractivity contribution in [1.29, 1.82) is 0 Å². The molecular weight excluding hydrogens is 453 g/mol. The maximum Gasteiger partial charge on any atom is 0.435 e. The van der Waals surface area contributed by atoms with Gasteiger partial charge in [-0.25, -0.2) is 22.8 Å². The number of aromatic nitrogens is 2. The lowest BCUT2D eigenvalue weighted by atomic mass is 9.96. The van der Waals surface area contributed by atoms with Gasteiger partial charge in [0.25, 0.3) is 0 Å². The Morgan fingerprint density at radius 2 is 1.77 bits per heavy atom. The number of alkyl halides is 3. The van der Waals surface area contributed by atoms with E-state index in [0.29, 0.717) is 10.6 Å². The van der Waals surface area contributed by atoms with E-state index in [0.717, 1.165) is 42.9 Å².